The lowest BCUT2D eigenvalue weighted by Crippen LogP contribution is -1.91. The number of rotatable bonds is 2. The predicted octanol–water partition coefficient (Wildman–Crippen LogP) is 1.49. The maximum atomic E-state index is 9.84. The maximum Gasteiger partial charge on any atom is 0.329 e. The molecule has 4 heteroatoms. The second-order valence-corrected chi connectivity index (χ2v) is 1.45. The topological polar surface area (TPSA) is 52.6 Å². The zero-order valence-electron chi connectivity index (χ0n) is 8.62. The van der Waals surface area contributed by atoms with Crippen molar-refractivity contribution in [3.8, 4) is 0 Å². The molecule has 0 aromatic carbocycles. The summed E-state index contributed by atoms with van der Waals surface area (Å²) >= 11 is 0. The third kappa shape index (κ3) is 22.5. The summed E-state index contributed by atoms with van der Waals surface area (Å²) in [6.45, 7) is 12.3. The minimum atomic E-state index is -0.394. The smallest absolute Gasteiger partial charge is 0.329 e. The van der Waals surface area contributed by atoms with Crippen molar-refractivity contribution in [2.24, 2.45) is 0 Å². The normalized spacial score (nSPS) is 6.14. The molecule has 0 aliphatic carbocycles. The van der Waals surface area contributed by atoms with Crippen LogP contribution in [0.15, 0.2) is 38.5 Å². The van der Waals surface area contributed by atoms with Gasteiger partial charge in [0, 0.05) is 12.2 Å². The molecule has 14 heavy (non-hydrogen) atoms. The highest BCUT2D eigenvalue weighted by molar-refractivity contribution is 5.81. The zero-order chi connectivity index (χ0) is 12.0. The van der Waals surface area contributed by atoms with Gasteiger partial charge in [0.1, 0.15) is 0 Å². The van der Waals surface area contributed by atoms with Crippen molar-refractivity contribution in [2.45, 2.75) is 0 Å². The molecule has 0 bridgehead atoms. The Bertz CT molecular complexity index is 165. The highest BCUT2D eigenvalue weighted by atomic mass is 16.5. The van der Waals surface area contributed by atoms with Crippen molar-refractivity contribution in [1.82, 2.24) is 0 Å². The number of hydrogen-bond acceptors (Lipinski definition) is 4. The van der Waals surface area contributed by atoms with Crippen LogP contribution < -0.4 is 0 Å². The first-order valence-corrected chi connectivity index (χ1v) is 3.53. The molecule has 0 radical (unpaired) electrons. The molecule has 0 saturated carbocycles. The van der Waals surface area contributed by atoms with Gasteiger partial charge in [-0.25, -0.2) is 9.59 Å². The molecule has 0 unspecified atom stereocenters. The van der Waals surface area contributed by atoms with Gasteiger partial charge in [-0.05, 0) is 0 Å². The second kappa shape index (κ2) is 17.3. The molecule has 4 nitrogen and oxygen atoms in total. The van der Waals surface area contributed by atoms with E-state index in [0.29, 0.717) is 0 Å². The molecule has 0 saturated heterocycles. The van der Waals surface area contributed by atoms with Crippen LogP contribution in [-0.4, -0.2) is 26.2 Å². The van der Waals surface area contributed by atoms with Crippen LogP contribution in [0.2, 0.25) is 0 Å². The van der Waals surface area contributed by atoms with E-state index in [-0.39, 0.29) is 0 Å². The third-order valence-electron chi connectivity index (χ3n) is 0.736. The van der Waals surface area contributed by atoms with Gasteiger partial charge in [0.05, 0.1) is 14.2 Å². The molecule has 80 valence electrons. The quantitative estimate of drug-likeness (QED) is 0.385. The van der Waals surface area contributed by atoms with Crippen LogP contribution in [0.1, 0.15) is 0 Å². The lowest BCUT2D eigenvalue weighted by Gasteiger charge is -1.83. The zero-order valence-corrected chi connectivity index (χ0v) is 8.62. The van der Waals surface area contributed by atoms with Crippen molar-refractivity contribution in [3.05, 3.63) is 38.5 Å². The van der Waals surface area contributed by atoms with E-state index in [1.807, 2.05) is 0 Å². The molecule has 0 aliphatic heterocycles. The Morgan fingerprint density at radius 2 is 1.14 bits per heavy atom. The molecule has 0 fully saturated rings. The predicted molar refractivity (Wildman–Crippen MR) is 55.7 cm³/mol. The summed E-state index contributed by atoms with van der Waals surface area (Å²) in [4.78, 5) is 19.7. The summed E-state index contributed by atoms with van der Waals surface area (Å²) in [5, 5.41) is 0. The van der Waals surface area contributed by atoms with Gasteiger partial charge in [-0.15, -0.1) is 13.2 Å². The number of methoxy groups -OCH3 is 2. The van der Waals surface area contributed by atoms with Crippen molar-refractivity contribution in [2.75, 3.05) is 14.2 Å². The first kappa shape index (κ1) is 18.0. The van der Waals surface area contributed by atoms with E-state index >= 15 is 0 Å². The molecule has 0 aromatic heterocycles. The fourth-order valence-corrected chi connectivity index (χ4v) is 0.167. The van der Waals surface area contributed by atoms with Crippen molar-refractivity contribution < 1.29 is 19.1 Å². The average molecular weight is 200 g/mol. The molecule has 0 N–H and O–H groups in total. The Balaban J connectivity index is -0.000000147. The number of carbonyl (C=O) groups excluding carboxylic acids is 2. The largest absolute Gasteiger partial charge is 0.466 e. The maximum absolute atomic E-state index is 9.84. The molecule has 0 rings (SSSR count). The van der Waals surface area contributed by atoms with Gasteiger partial charge in [0.25, 0.3) is 0 Å². The van der Waals surface area contributed by atoms with Crippen molar-refractivity contribution in [1.29, 1.82) is 0 Å². The monoisotopic (exact) mass is 200 g/mol. The summed E-state index contributed by atoms with van der Waals surface area (Å²) in [6.07, 6.45) is 2.22. The van der Waals surface area contributed by atoms with Gasteiger partial charge < -0.3 is 9.47 Å². The van der Waals surface area contributed by atoms with Crippen molar-refractivity contribution in [3.63, 3.8) is 0 Å². The fourth-order valence-electron chi connectivity index (χ4n) is 0.167. The Labute approximate surface area is 84.5 Å². The highest BCUT2D eigenvalue weighted by Crippen LogP contribution is 1.68. The van der Waals surface area contributed by atoms with E-state index < -0.39 is 11.9 Å². The second-order valence-electron chi connectivity index (χ2n) is 1.45. The lowest BCUT2D eigenvalue weighted by molar-refractivity contribution is -0.135. The molecule has 0 amide bonds. The first-order valence-electron chi connectivity index (χ1n) is 3.53. The number of hydrogen-bond donors (Lipinski definition) is 0. The SMILES string of the molecule is C=C.C=CC(=O)OC.C=CC(=O)OC. The Kier molecular flexibility index (Phi) is 22.3. The van der Waals surface area contributed by atoms with Gasteiger partial charge in [0.2, 0.25) is 0 Å². The minimum Gasteiger partial charge on any atom is -0.466 e. The molecule has 0 heterocycles. The van der Waals surface area contributed by atoms with E-state index in [1.165, 1.54) is 14.2 Å². The van der Waals surface area contributed by atoms with Crippen molar-refractivity contribution >= 4 is 11.9 Å². The van der Waals surface area contributed by atoms with Crippen LogP contribution in [0, 0.1) is 0 Å². The van der Waals surface area contributed by atoms with Gasteiger partial charge >= 0.3 is 11.9 Å². The lowest BCUT2D eigenvalue weighted by atomic mass is 10.7. The molecule has 0 spiro atoms. The summed E-state index contributed by atoms with van der Waals surface area (Å²) in [5.41, 5.74) is 0. The molecular weight excluding hydrogens is 184 g/mol. The van der Waals surface area contributed by atoms with Crippen LogP contribution >= 0.6 is 0 Å². The van der Waals surface area contributed by atoms with Crippen LogP contribution in [0.4, 0.5) is 0 Å². The number of esters is 2. The standard InChI is InChI=1S/2C4H6O2.C2H4/c2*1-3-4(5)6-2;1-2/h2*3H,1H2,2H3;1-2H2. The fraction of sp³-hybridized carbons (Fsp3) is 0.200. The molecule has 0 atom stereocenters. The van der Waals surface area contributed by atoms with E-state index in [0.717, 1.165) is 12.2 Å². The third-order valence-corrected chi connectivity index (χ3v) is 0.736. The van der Waals surface area contributed by atoms with Crippen LogP contribution in [0.25, 0.3) is 0 Å². The molecular formula is C10H16O4. The van der Waals surface area contributed by atoms with E-state index in [4.69, 9.17) is 0 Å². The Morgan fingerprint density at radius 3 is 1.14 bits per heavy atom. The molecule has 0 aliphatic rings. The van der Waals surface area contributed by atoms with E-state index in [1.54, 1.807) is 0 Å². The van der Waals surface area contributed by atoms with Crippen LogP contribution in [0.5, 0.6) is 0 Å². The van der Waals surface area contributed by atoms with Crippen LogP contribution in [0.3, 0.4) is 0 Å². The Hall–Kier alpha value is -1.84. The minimum absolute atomic E-state index is 0.394. The summed E-state index contributed by atoms with van der Waals surface area (Å²) in [5.74, 6) is -0.787. The average Bonchev–Trinajstić information content (AvgIpc) is 2.30. The highest BCUT2D eigenvalue weighted by Gasteiger charge is 1.82. The van der Waals surface area contributed by atoms with E-state index in [2.05, 4.69) is 35.8 Å². The van der Waals surface area contributed by atoms with Gasteiger partial charge in [-0.1, -0.05) is 13.2 Å². The number of ether oxygens (including phenoxy) is 2. The van der Waals surface area contributed by atoms with Gasteiger partial charge in [0.15, 0.2) is 0 Å². The van der Waals surface area contributed by atoms with E-state index in [9.17, 15) is 9.59 Å². The van der Waals surface area contributed by atoms with Gasteiger partial charge in [-0.2, -0.15) is 0 Å². The molecule has 0 aromatic rings. The summed E-state index contributed by atoms with van der Waals surface area (Å²) in [6, 6.07) is 0. The first-order chi connectivity index (χ1) is 6.62. The number of carbonyl (C=O) groups is 2. The van der Waals surface area contributed by atoms with Gasteiger partial charge in [-0.3, -0.25) is 0 Å². The summed E-state index contributed by atoms with van der Waals surface area (Å²) < 4.78 is 8.28. The Morgan fingerprint density at radius 1 is 0.929 bits per heavy atom. The summed E-state index contributed by atoms with van der Waals surface area (Å²) in [7, 11) is 2.62. The van der Waals surface area contributed by atoms with Crippen LogP contribution in [-0.2, 0) is 19.1 Å².